The largest absolute Gasteiger partial charge is 0.309 e. The van der Waals surface area contributed by atoms with Gasteiger partial charge in [0.1, 0.15) is 11.5 Å². The van der Waals surface area contributed by atoms with E-state index in [1.165, 1.54) is 60.2 Å². The van der Waals surface area contributed by atoms with E-state index in [0.29, 0.717) is 0 Å². The van der Waals surface area contributed by atoms with Crippen LogP contribution in [0.2, 0.25) is 0 Å². The van der Waals surface area contributed by atoms with Crippen molar-refractivity contribution in [3.05, 3.63) is 150 Å². The predicted molar refractivity (Wildman–Crippen MR) is 216 cm³/mol. The summed E-state index contributed by atoms with van der Waals surface area (Å²) < 4.78 is 7.17. The highest BCUT2D eigenvalue weighted by Gasteiger charge is 2.37. The molecule has 0 radical (unpaired) electrons. The number of fused-ring (bicyclic) bond motifs is 11. The minimum absolute atomic E-state index is 0.0108. The van der Waals surface area contributed by atoms with Crippen LogP contribution in [0.3, 0.4) is 0 Å². The van der Waals surface area contributed by atoms with Gasteiger partial charge in [0.25, 0.3) is 0 Å². The Hall–Kier alpha value is -6.20. The summed E-state index contributed by atoms with van der Waals surface area (Å²) in [6.45, 7) is 11.6. The summed E-state index contributed by atoms with van der Waals surface area (Å²) in [5, 5.41) is 7.36. The van der Waals surface area contributed by atoms with Crippen LogP contribution in [-0.4, -0.2) is 23.7 Å². The third-order valence-corrected chi connectivity index (χ3v) is 11.7. The molecule has 0 bridgehead atoms. The van der Waals surface area contributed by atoms with E-state index in [9.17, 15) is 0 Å². The van der Waals surface area contributed by atoms with Gasteiger partial charge >= 0.3 is 0 Å². The standard InChI is InChI=1S/C47H37N5/c1-46(2,3)28-24-36-34-21-18-29(26-42(34)52-43(36)38(25-28)47(4,5)37-15-11-23-49-45(37)52)50-39-16-8-6-12-31(39)33-20-19-30(27-41(33)50)51-40-17-9-7-13-32(40)35-14-10-22-48-44(35)51/h6-27H,1-5H3. The Bertz CT molecular complexity index is 3090. The molecule has 0 saturated carbocycles. The maximum absolute atomic E-state index is 5.06. The maximum Gasteiger partial charge on any atom is 0.145 e. The fraction of sp³-hybridized carbons (Fsp3) is 0.149. The normalized spacial score (nSPS) is 14.0. The zero-order chi connectivity index (χ0) is 35.1. The van der Waals surface area contributed by atoms with Crippen molar-refractivity contribution in [1.82, 2.24) is 23.7 Å². The summed E-state index contributed by atoms with van der Waals surface area (Å²) in [4.78, 5) is 9.94. The Morgan fingerprint density at radius 2 is 1.06 bits per heavy atom. The summed E-state index contributed by atoms with van der Waals surface area (Å²) in [7, 11) is 0. The molecule has 5 aromatic heterocycles. The fourth-order valence-electron chi connectivity index (χ4n) is 9.04. The molecule has 0 saturated heterocycles. The molecule has 0 spiro atoms. The van der Waals surface area contributed by atoms with Crippen molar-refractivity contribution in [3.63, 3.8) is 0 Å². The van der Waals surface area contributed by atoms with Gasteiger partial charge in [0.05, 0.1) is 27.6 Å². The summed E-state index contributed by atoms with van der Waals surface area (Å²) in [6.07, 6.45) is 3.82. The van der Waals surface area contributed by atoms with Crippen LogP contribution in [0.1, 0.15) is 51.3 Å². The van der Waals surface area contributed by atoms with E-state index < -0.39 is 0 Å². The van der Waals surface area contributed by atoms with Crippen LogP contribution in [0.15, 0.2) is 134 Å². The van der Waals surface area contributed by atoms with E-state index in [1.54, 1.807) is 0 Å². The van der Waals surface area contributed by atoms with E-state index in [-0.39, 0.29) is 10.8 Å². The molecule has 5 heteroatoms. The Kier molecular flexibility index (Phi) is 5.67. The van der Waals surface area contributed by atoms with Crippen LogP contribution >= 0.6 is 0 Å². The van der Waals surface area contributed by atoms with Gasteiger partial charge in [-0.3, -0.25) is 9.13 Å². The highest BCUT2D eigenvalue weighted by Crippen LogP contribution is 2.49. The molecule has 5 nitrogen and oxygen atoms in total. The second-order valence-corrected chi connectivity index (χ2v) is 16.0. The van der Waals surface area contributed by atoms with Crippen LogP contribution in [0.4, 0.5) is 0 Å². The first-order valence-corrected chi connectivity index (χ1v) is 18.2. The average Bonchev–Trinajstić information content (AvgIpc) is 3.79. The number of aromatic nitrogens is 5. The van der Waals surface area contributed by atoms with Gasteiger partial charge in [-0.2, -0.15) is 0 Å². The molecule has 0 unspecified atom stereocenters. The molecule has 6 heterocycles. The minimum Gasteiger partial charge on any atom is -0.309 e. The number of pyridine rings is 2. The number of rotatable bonds is 2. The molecule has 0 aliphatic carbocycles. The molecule has 1 aliphatic heterocycles. The highest BCUT2D eigenvalue weighted by molar-refractivity contribution is 6.14. The SMILES string of the molecule is CC(C)(C)c1cc2c3c(c1)c1ccc(-n4c5ccccc5c5ccc(-n6c7ccccc7c7cccnc76)cc54)cc1n3-c1ncccc1C2(C)C. The summed E-state index contributed by atoms with van der Waals surface area (Å²) in [6, 6.07) is 44.7. The van der Waals surface area contributed by atoms with Gasteiger partial charge < -0.3 is 4.57 Å². The van der Waals surface area contributed by atoms with Crippen molar-refractivity contribution >= 4 is 65.5 Å². The maximum atomic E-state index is 5.06. The molecule has 0 amide bonds. The van der Waals surface area contributed by atoms with Gasteiger partial charge in [0, 0.05) is 67.1 Å². The van der Waals surface area contributed by atoms with E-state index in [4.69, 9.17) is 9.97 Å². The van der Waals surface area contributed by atoms with Gasteiger partial charge in [-0.1, -0.05) is 95.3 Å². The second kappa shape index (κ2) is 9.98. The number of para-hydroxylation sites is 2. The molecular weight excluding hydrogens is 635 g/mol. The molecule has 0 N–H and O–H groups in total. The predicted octanol–water partition coefficient (Wildman–Crippen LogP) is 11.7. The molecule has 52 heavy (non-hydrogen) atoms. The van der Waals surface area contributed by atoms with E-state index in [0.717, 1.165) is 39.3 Å². The Morgan fingerprint density at radius 1 is 0.481 bits per heavy atom. The van der Waals surface area contributed by atoms with Gasteiger partial charge in [-0.25, -0.2) is 9.97 Å². The number of hydrogen-bond donors (Lipinski definition) is 0. The van der Waals surface area contributed by atoms with Crippen molar-refractivity contribution in [2.45, 2.75) is 45.4 Å². The number of nitrogens with zero attached hydrogens (tertiary/aromatic N) is 5. The molecule has 11 rings (SSSR count). The Balaban J connectivity index is 1.23. The molecule has 0 fully saturated rings. The third-order valence-electron chi connectivity index (χ3n) is 11.7. The van der Waals surface area contributed by atoms with Crippen LogP contribution in [0, 0.1) is 0 Å². The zero-order valence-electron chi connectivity index (χ0n) is 29.9. The Labute approximate surface area is 301 Å². The van der Waals surface area contributed by atoms with E-state index in [1.807, 2.05) is 18.5 Å². The van der Waals surface area contributed by atoms with Crippen molar-refractivity contribution in [2.24, 2.45) is 0 Å². The van der Waals surface area contributed by atoms with Crippen molar-refractivity contribution in [3.8, 4) is 17.2 Å². The van der Waals surface area contributed by atoms with Crippen LogP contribution < -0.4 is 0 Å². The molecule has 250 valence electrons. The monoisotopic (exact) mass is 671 g/mol. The molecular formula is C47H37N5. The van der Waals surface area contributed by atoms with Crippen LogP contribution in [0.5, 0.6) is 0 Å². The Morgan fingerprint density at radius 3 is 1.81 bits per heavy atom. The summed E-state index contributed by atoms with van der Waals surface area (Å²) in [5.74, 6) is 1.02. The quantitative estimate of drug-likeness (QED) is 0.183. The van der Waals surface area contributed by atoms with Crippen LogP contribution in [0.25, 0.3) is 82.7 Å². The lowest BCUT2D eigenvalue weighted by molar-refractivity contribution is 0.581. The van der Waals surface area contributed by atoms with Crippen molar-refractivity contribution in [1.29, 1.82) is 0 Å². The van der Waals surface area contributed by atoms with Gasteiger partial charge in [0.2, 0.25) is 0 Å². The summed E-state index contributed by atoms with van der Waals surface area (Å²) >= 11 is 0. The molecule has 5 aromatic carbocycles. The zero-order valence-corrected chi connectivity index (χ0v) is 29.9. The first-order chi connectivity index (χ1) is 25.2. The smallest absolute Gasteiger partial charge is 0.145 e. The van der Waals surface area contributed by atoms with Gasteiger partial charge in [-0.05, 0) is 77.2 Å². The van der Waals surface area contributed by atoms with Crippen LogP contribution in [-0.2, 0) is 10.8 Å². The van der Waals surface area contributed by atoms with Crippen molar-refractivity contribution in [2.75, 3.05) is 0 Å². The number of hydrogen-bond acceptors (Lipinski definition) is 2. The van der Waals surface area contributed by atoms with E-state index >= 15 is 0 Å². The van der Waals surface area contributed by atoms with Gasteiger partial charge in [0.15, 0.2) is 0 Å². The topological polar surface area (TPSA) is 40.6 Å². The second-order valence-electron chi connectivity index (χ2n) is 16.0. The van der Waals surface area contributed by atoms with Gasteiger partial charge in [-0.15, -0.1) is 0 Å². The first-order valence-electron chi connectivity index (χ1n) is 18.2. The van der Waals surface area contributed by atoms with Crippen molar-refractivity contribution < 1.29 is 0 Å². The summed E-state index contributed by atoms with van der Waals surface area (Å²) in [5.41, 5.74) is 12.9. The highest BCUT2D eigenvalue weighted by atomic mass is 15.1. The van der Waals surface area contributed by atoms with E-state index in [2.05, 4.69) is 164 Å². The molecule has 10 aromatic rings. The molecule has 1 aliphatic rings. The lowest BCUT2D eigenvalue weighted by Gasteiger charge is -2.35. The molecule has 0 atom stereocenters. The lowest BCUT2D eigenvalue weighted by Crippen LogP contribution is -2.28. The fourth-order valence-corrected chi connectivity index (χ4v) is 9.04. The lowest BCUT2D eigenvalue weighted by atomic mass is 9.73. The average molecular weight is 672 g/mol. The first kappa shape index (κ1) is 29.5. The third kappa shape index (κ3) is 3.77. The number of benzene rings is 5. The minimum atomic E-state index is -0.193.